The molecule has 0 fully saturated rings. The molecule has 1 heterocycles. The van der Waals surface area contributed by atoms with Crippen LogP contribution in [0.15, 0.2) is 18.2 Å². The lowest BCUT2D eigenvalue weighted by atomic mass is 9.86. The maximum absolute atomic E-state index is 11.6. The topological polar surface area (TPSA) is 43.4 Å². The second-order valence-corrected chi connectivity index (χ2v) is 8.74. The lowest BCUT2D eigenvalue weighted by Crippen LogP contribution is -2.22. The molecule has 0 saturated heterocycles. The van der Waals surface area contributed by atoms with Gasteiger partial charge in [-0.15, -0.1) is 11.6 Å². The molecule has 1 aromatic rings. The molecule has 3 nitrogen and oxygen atoms in total. The quantitative estimate of drug-likeness (QED) is 0.806. The average molecular weight is 303 g/mol. The summed E-state index contributed by atoms with van der Waals surface area (Å²) in [5.41, 5.74) is 1.87. The van der Waals surface area contributed by atoms with Gasteiger partial charge in [0.1, 0.15) is 5.75 Å². The van der Waals surface area contributed by atoms with Gasteiger partial charge in [0.05, 0.1) is 17.2 Å². The van der Waals surface area contributed by atoms with E-state index in [0.29, 0.717) is 6.61 Å². The Kier molecular flexibility index (Phi) is 3.60. The van der Waals surface area contributed by atoms with E-state index in [1.807, 2.05) is 18.2 Å². The lowest BCUT2D eigenvalue weighted by Gasteiger charge is -2.20. The van der Waals surface area contributed by atoms with E-state index in [-0.39, 0.29) is 5.41 Å². The zero-order valence-electron chi connectivity index (χ0n) is 11.6. The molecular formula is C14H19ClO3S. The van der Waals surface area contributed by atoms with E-state index < -0.39 is 20.5 Å². The summed E-state index contributed by atoms with van der Waals surface area (Å²) in [7, 11) is -3.16. The number of hydrogen-bond acceptors (Lipinski definition) is 3. The minimum absolute atomic E-state index is 0.0592. The van der Waals surface area contributed by atoms with Crippen LogP contribution in [-0.4, -0.2) is 26.5 Å². The molecule has 1 aliphatic heterocycles. The standard InChI is InChI=1S/C14H19ClO3S/c1-9(19(4,16)17)13(15)10-5-6-12-11(7-10)14(2,3)8-18-12/h5-7,9,13H,8H2,1-4H3. The van der Waals surface area contributed by atoms with Crippen molar-refractivity contribution in [3.63, 3.8) is 0 Å². The first kappa shape index (κ1) is 14.7. The normalized spacial score (nSPS) is 20.5. The fraction of sp³-hybridized carbons (Fsp3) is 0.571. The number of ether oxygens (including phenoxy) is 1. The Morgan fingerprint density at radius 1 is 1.37 bits per heavy atom. The molecule has 0 bridgehead atoms. The van der Waals surface area contributed by atoms with E-state index in [0.717, 1.165) is 16.9 Å². The molecule has 2 atom stereocenters. The van der Waals surface area contributed by atoms with E-state index in [4.69, 9.17) is 16.3 Å². The highest BCUT2D eigenvalue weighted by atomic mass is 35.5. The van der Waals surface area contributed by atoms with Crippen LogP contribution >= 0.6 is 11.6 Å². The molecule has 1 aliphatic rings. The highest BCUT2D eigenvalue weighted by Gasteiger charge is 2.33. The third kappa shape index (κ3) is 2.75. The molecule has 0 saturated carbocycles. The predicted octanol–water partition coefficient (Wildman–Crippen LogP) is 3.07. The summed E-state index contributed by atoms with van der Waals surface area (Å²) in [6.07, 6.45) is 1.22. The largest absolute Gasteiger partial charge is 0.492 e. The minimum atomic E-state index is -3.16. The first-order valence-corrected chi connectivity index (χ1v) is 8.62. The Labute approximate surface area is 119 Å². The molecule has 5 heteroatoms. The number of hydrogen-bond donors (Lipinski definition) is 0. The van der Waals surface area contributed by atoms with E-state index in [9.17, 15) is 8.42 Å². The van der Waals surface area contributed by atoms with Crippen molar-refractivity contribution in [2.24, 2.45) is 0 Å². The van der Waals surface area contributed by atoms with E-state index in [2.05, 4.69) is 13.8 Å². The van der Waals surface area contributed by atoms with Gasteiger partial charge < -0.3 is 4.74 Å². The minimum Gasteiger partial charge on any atom is -0.492 e. The van der Waals surface area contributed by atoms with Crippen molar-refractivity contribution in [1.29, 1.82) is 0 Å². The first-order chi connectivity index (χ1) is 8.63. The van der Waals surface area contributed by atoms with Crippen LogP contribution in [0.4, 0.5) is 0 Å². The second kappa shape index (κ2) is 4.67. The van der Waals surface area contributed by atoms with Gasteiger partial charge in [-0.2, -0.15) is 0 Å². The highest BCUT2D eigenvalue weighted by molar-refractivity contribution is 7.91. The van der Waals surface area contributed by atoms with Crippen LogP contribution in [0.2, 0.25) is 0 Å². The van der Waals surface area contributed by atoms with Crippen molar-refractivity contribution in [3.05, 3.63) is 29.3 Å². The van der Waals surface area contributed by atoms with Gasteiger partial charge in [-0.05, 0) is 24.6 Å². The van der Waals surface area contributed by atoms with Gasteiger partial charge in [-0.3, -0.25) is 0 Å². The van der Waals surface area contributed by atoms with Crippen molar-refractivity contribution >= 4 is 21.4 Å². The molecule has 19 heavy (non-hydrogen) atoms. The summed E-state index contributed by atoms with van der Waals surface area (Å²) >= 11 is 6.32. The number of sulfone groups is 1. The Morgan fingerprint density at radius 2 is 2.00 bits per heavy atom. The monoisotopic (exact) mass is 302 g/mol. The summed E-state index contributed by atoms with van der Waals surface area (Å²) in [5, 5.41) is -1.16. The van der Waals surface area contributed by atoms with Crippen molar-refractivity contribution in [3.8, 4) is 5.75 Å². The maximum Gasteiger partial charge on any atom is 0.151 e. The smallest absolute Gasteiger partial charge is 0.151 e. The van der Waals surface area contributed by atoms with Crippen molar-refractivity contribution < 1.29 is 13.2 Å². The fourth-order valence-corrected chi connectivity index (χ4v) is 3.49. The number of benzene rings is 1. The first-order valence-electron chi connectivity index (χ1n) is 6.23. The Balaban J connectivity index is 2.38. The van der Waals surface area contributed by atoms with Gasteiger partial charge in [-0.25, -0.2) is 8.42 Å². The lowest BCUT2D eigenvalue weighted by molar-refractivity contribution is 0.291. The van der Waals surface area contributed by atoms with Crippen LogP contribution < -0.4 is 4.74 Å². The molecule has 2 rings (SSSR count). The van der Waals surface area contributed by atoms with Crippen LogP contribution in [0.3, 0.4) is 0 Å². The maximum atomic E-state index is 11.6. The van der Waals surface area contributed by atoms with Crippen molar-refractivity contribution in [1.82, 2.24) is 0 Å². The summed E-state index contributed by atoms with van der Waals surface area (Å²) < 4.78 is 28.8. The van der Waals surface area contributed by atoms with Gasteiger partial charge in [0.15, 0.2) is 9.84 Å². The Bertz CT molecular complexity index is 593. The summed E-state index contributed by atoms with van der Waals surface area (Å²) in [4.78, 5) is 0. The van der Waals surface area contributed by atoms with Crippen molar-refractivity contribution in [2.45, 2.75) is 36.8 Å². The van der Waals surface area contributed by atoms with Gasteiger partial charge in [0.2, 0.25) is 0 Å². The van der Waals surface area contributed by atoms with E-state index >= 15 is 0 Å². The van der Waals surface area contributed by atoms with Crippen LogP contribution in [0.5, 0.6) is 5.75 Å². The Hall–Kier alpha value is -0.740. The van der Waals surface area contributed by atoms with Crippen LogP contribution in [0, 0.1) is 0 Å². The predicted molar refractivity (Wildman–Crippen MR) is 77.9 cm³/mol. The molecule has 0 aliphatic carbocycles. The zero-order valence-corrected chi connectivity index (χ0v) is 13.2. The SMILES string of the molecule is CC(C(Cl)c1ccc2c(c1)C(C)(C)CO2)S(C)(=O)=O. The molecule has 0 aromatic heterocycles. The van der Waals surface area contributed by atoms with Crippen LogP contribution in [0.25, 0.3) is 0 Å². The number of halogens is 1. The molecule has 0 radical (unpaired) electrons. The molecule has 1 aromatic carbocycles. The number of rotatable bonds is 3. The number of alkyl halides is 1. The average Bonchev–Trinajstić information content (AvgIpc) is 2.62. The Morgan fingerprint density at radius 3 is 2.58 bits per heavy atom. The van der Waals surface area contributed by atoms with Crippen molar-refractivity contribution in [2.75, 3.05) is 12.9 Å². The molecule has 106 valence electrons. The molecule has 0 N–H and O–H groups in total. The third-order valence-corrected chi connectivity index (χ3v) is 6.13. The summed E-state index contributed by atoms with van der Waals surface area (Å²) in [6, 6.07) is 5.70. The molecule has 0 spiro atoms. The second-order valence-electron chi connectivity index (χ2n) is 5.86. The van der Waals surface area contributed by atoms with E-state index in [1.54, 1.807) is 6.92 Å². The molecule has 2 unspecified atom stereocenters. The van der Waals surface area contributed by atoms with Crippen LogP contribution in [-0.2, 0) is 15.3 Å². The molecular weight excluding hydrogens is 284 g/mol. The van der Waals surface area contributed by atoms with Gasteiger partial charge in [-0.1, -0.05) is 19.9 Å². The summed E-state index contributed by atoms with van der Waals surface area (Å²) in [5.74, 6) is 0.865. The van der Waals surface area contributed by atoms with Crippen LogP contribution in [0.1, 0.15) is 37.3 Å². The van der Waals surface area contributed by atoms with Gasteiger partial charge in [0.25, 0.3) is 0 Å². The molecule has 0 amide bonds. The van der Waals surface area contributed by atoms with Gasteiger partial charge >= 0.3 is 0 Å². The highest BCUT2D eigenvalue weighted by Crippen LogP contribution is 2.41. The number of fused-ring (bicyclic) bond motifs is 1. The fourth-order valence-electron chi connectivity index (χ4n) is 2.20. The van der Waals surface area contributed by atoms with E-state index in [1.165, 1.54) is 6.26 Å². The van der Waals surface area contributed by atoms with Gasteiger partial charge in [0, 0.05) is 17.2 Å². The summed E-state index contributed by atoms with van der Waals surface area (Å²) in [6.45, 7) is 6.49. The zero-order chi connectivity index (χ0) is 14.4. The third-order valence-electron chi connectivity index (χ3n) is 3.73.